The average molecular weight is 594 g/mol. The number of hydrogen-bond acceptors (Lipinski definition) is 8. The molecule has 0 saturated carbocycles. The molecule has 1 amide bonds. The SMILES string of the molecule is CC(=O)C1=C(O)C2CCC(C(C)(C)C)N2C1=O.CCOC(=O)c1c(O)[c-]2n(c1=O)C(C(C)(C)C)OC2.[Y]. The first-order valence-corrected chi connectivity index (χ1v) is 12.2. The Bertz CT molecular complexity index is 1160. The fourth-order valence-corrected chi connectivity index (χ4v) is 5.19. The Hall–Kier alpha value is -1.91. The van der Waals surface area contributed by atoms with E-state index in [1.165, 1.54) is 11.5 Å². The van der Waals surface area contributed by atoms with Crippen LogP contribution in [0.15, 0.2) is 16.1 Å². The molecule has 203 valence electrons. The van der Waals surface area contributed by atoms with Crippen molar-refractivity contribution in [3.8, 4) is 5.75 Å². The normalized spacial score (nSPS) is 22.8. The second-order valence-corrected chi connectivity index (χ2v) is 11.6. The van der Waals surface area contributed by atoms with E-state index < -0.39 is 17.8 Å². The van der Waals surface area contributed by atoms with Crippen LogP contribution in [0.5, 0.6) is 5.75 Å². The number of carbonyl (C=O) groups is 3. The molecule has 0 spiro atoms. The molecule has 11 heteroatoms. The Morgan fingerprint density at radius 2 is 1.68 bits per heavy atom. The summed E-state index contributed by atoms with van der Waals surface area (Å²) >= 11 is 0. The third kappa shape index (κ3) is 5.61. The van der Waals surface area contributed by atoms with Crippen LogP contribution in [0.25, 0.3) is 0 Å². The number of amides is 1. The topological polar surface area (TPSA) is 135 Å². The summed E-state index contributed by atoms with van der Waals surface area (Å²) in [6.07, 6.45) is 1.13. The van der Waals surface area contributed by atoms with E-state index in [9.17, 15) is 29.4 Å². The zero-order valence-electron chi connectivity index (χ0n) is 22.9. The standard InChI is InChI=1S/C13H18NO5.C13H19NO3.Y/c1-5-18-11(17)8-9(15)7-6-19-12(13(2,3)4)14(7)10(8)16;1-7(15)10-11(16)8-5-6-9(13(2,3)4)14(8)12(10)17;/h12,15H,5-6H2,1-4H3;8-9,16H,5-6H2,1-4H3;/q-1;;. The molecule has 3 atom stereocenters. The molecule has 0 bridgehead atoms. The van der Waals surface area contributed by atoms with Gasteiger partial charge in [0.05, 0.1) is 12.6 Å². The van der Waals surface area contributed by atoms with E-state index in [0.29, 0.717) is 5.69 Å². The molecule has 1 aromatic rings. The summed E-state index contributed by atoms with van der Waals surface area (Å²) in [6, 6.07) is -0.176. The number of fused-ring (bicyclic) bond motifs is 2. The number of esters is 1. The Morgan fingerprint density at radius 3 is 2.16 bits per heavy atom. The van der Waals surface area contributed by atoms with Gasteiger partial charge in [-0.25, -0.2) is 0 Å². The summed E-state index contributed by atoms with van der Waals surface area (Å²) in [5.74, 6) is -1.77. The first-order valence-electron chi connectivity index (χ1n) is 12.2. The van der Waals surface area contributed by atoms with Crippen molar-refractivity contribution < 1.29 is 66.8 Å². The van der Waals surface area contributed by atoms with Gasteiger partial charge in [-0.15, -0.1) is 0 Å². The van der Waals surface area contributed by atoms with Gasteiger partial charge in [0, 0.05) is 62.1 Å². The first-order chi connectivity index (χ1) is 16.5. The average Bonchev–Trinajstić information content (AvgIpc) is 3.46. The Morgan fingerprint density at radius 1 is 1.08 bits per heavy atom. The number of aromatic hydroxyl groups is 1. The van der Waals surface area contributed by atoms with Crippen LogP contribution in [-0.4, -0.2) is 56.0 Å². The second kappa shape index (κ2) is 11.1. The number of aromatic nitrogens is 1. The minimum Gasteiger partial charge on any atom is -0.532 e. The fraction of sp³-hybridized carbons (Fsp3) is 0.654. The van der Waals surface area contributed by atoms with Crippen molar-refractivity contribution >= 4 is 17.7 Å². The van der Waals surface area contributed by atoms with Gasteiger partial charge >= 0.3 is 0 Å². The number of nitrogens with zero attached hydrogens (tertiary/aromatic N) is 2. The predicted molar refractivity (Wildman–Crippen MR) is 131 cm³/mol. The van der Waals surface area contributed by atoms with Crippen molar-refractivity contribution in [3.63, 3.8) is 0 Å². The van der Waals surface area contributed by atoms with Gasteiger partial charge in [-0.2, -0.15) is 0 Å². The van der Waals surface area contributed by atoms with E-state index in [1.54, 1.807) is 11.8 Å². The first kappa shape index (κ1) is 31.3. The molecule has 1 fully saturated rings. The van der Waals surface area contributed by atoms with E-state index in [2.05, 4.69) is 20.8 Å². The van der Waals surface area contributed by atoms with E-state index in [1.807, 2.05) is 20.8 Å². The van der Waals surface area contributed by atoms with Crippen LogP contribution in [0.4, 0.5) is 0 Å². The van der Waals surface area contributed by atoms with Crippen LogP contribution < -0.4 is 5.56 Å². The van der Waals surface area contributed by atoms with Crippen molar-refractivity contribution in [2.75, 3.05) is 6.61 Å². The quantitative estimate of drug-likeness (QED) is 0.309. The zero-order valence-corrected chi connectivity index (χ0v) is 25.7. The van der Waals surface area contributed by atoms with Crippen LogP contribution >= 0.6 is 0 Å². The molecular weight excluding hydrogens is 557 g/mol. The third-order valence-corrected chi connectivity index (χ3v) is 6.82. The van der Waals surface area contributed by atoms with Gasteiger partial charge in [0.25, 0.3) is 11.9 Å². The smallest absolute Gasteiger partial charge is 0.278 e. The summed E-state index contributed by atoms with van der Waals surface area (Å²) < 4.78 is 11.7. The van der Waals surface area contributed by atoms with Gasteiger partial charge in [-0.3, -0.25) is 14.4 Å². The van der Waals surface area contributed by atoms with Gasteiger partial charge in [-0.1, -0.05) is 41.5 Å². The second-order valence-electron chi connectivity index (χ2n) is 11.6. The predicted octanol–water partition coefficient (Wildman–Crippen LogP) is 3.33. The largest absolute Gasteiger partial charge is 0.532 e. The van der Waals surface area contributed by atoms with Gasteiger partial charge < -0.3 is 33.9 Å². The maximum atomic E-state index is 12.3. The van der Waals surface area contributed by atoms with Crippen molar-refractivity contribution in [2.24, 2.45) is 10.8 Å². The molecule has 10 nitrogen and oxygen atoms in total. The molecule has 1 saturated heterocycles. The van der Waals surface area contributed by atoms with Crippen LogP contribution in [-0.2, 0) is 58.4 Å². The number of ether oxygens (including phenoxy) is 2. The number of rotatable bonds is 3. The molecule has 0 aromatic carbocycles. The monoisotopic (exact) mass is 594 g/mol. The van der Waals surface area contributed by atoms with Gasteiger partial charge in [-0.05, 0) is 37.8 Å². The van der Waals surface area contributed by atoms with Crippen LogP contribution in [0.2, 0.25) is 0 Å². The number of ketones is 1. The van der Waals surface area contributed by atoms with Gasteiger partial charge in [0.15, 0.2) is 5.78 Å². The molecule has 2 N–H and O–H groups in total. The zero-order chi connectivity index (χ0) is 27.3. The fourth-order valence-electron chi connectivity index (χ4n) is 5.19. The van der Waals surface area contributed by atoms with E-state index in [-0.39, 0.29) is 103 Å². The summed E-state index contributed by atoms with van der Waals surface area (Å²) in [4.78, 5) is 49.3. The minimum absolute atomic E-state index is 0. The van der Waals surface area contributed by atoms with E-state index in [0.717, 1.165) is 12.8 Å². The Balaban J connectivity index is 0.000000255. The number of Topliss-reactive ketones (excluding diaryl/α,β-unsaturated/α-hetero) is 1. The Kier molecular flexibility index (Phi) is 9.36. The number of aliphatic hydroxyl groups excluding tert-OH is 1. The van der Waals surface area contributed by atoms with Crippen LogP contribution in [0.3, 0.4) is 0 Å². The minimum atomic E-state index is -0.792. The molecule has 37 heavy (non-hydrogen) atoms. The molecular formula is C26H37N2O8Y-. The third-order valence-electron chi connectivity index (χ3n) is 6.82. The van der Waals surface area contributed by atoms with E-state index in [4.69, 9.17) is 9.47 Å². The number of aliphatic hydroxyl groups is 1. The molecule has 3 aliphatic rings. The molecule has 4 rings (SSSR count). The van der Waals surface area contributed by atoms with Crippen molar-refractivity contribution in [3.05, 3.63) is 32.9 Å². The van der Waals surface area contributed by atoms with Crippen LogP contribution in [0, 0.1) is 10.8 Å². The number of carbonyl (C=O) groups excluding carboxylic acids is 3. The summed E-state index contributed by atoms with van der Waals surface area (Å²) in [7, 11) is 0. The van der Waals surface area contributed by atoms with Gasteiger partial charge in [0.2, 0.25) is 0 Å². The molecule has 3 unspecified atom stereocenters. The van der Waals surface area contributed by atoms with Crippen molar-refractivity contribution in [1.29, 1.82) is 0 Å². The summed E-state index contributed by atoms with van der Waals surface area (Å²) in [5, 5.41) is 20.0. The molecule has 1 aromatic heterocycles. The summed E-state index contributed by atoms with van der Waals surface area (Å²) in [6.45, 7) is 15.2. The van der Waals surface area contributed by atoms with Crippen LogP contribution in [0.1, 0.15) is 90.5 Å². The molecule has 0 aliphatic carbocycles. The van der Waals surface area contributed by atoms with E-state index >= 15 is 0 Å². The maximum Gasteiger partial charge on any atom is 0.278 e. The number of hydrogen-bond donors (Lipinski definition) is 2. The van der Waals surface area contributed by atoms with Gasteiger partial charge in [0.1, 0.15) is 23.1 Å². The molecule has 4 heterocycles. The molecule has 1 radical (unpaired) electrons. The molecule has 3 aliphatic heterocycles. The summed E-state index contributed by atoms with van der Waals surface area (Å²) in [5.41, 5.74) is -0.867. The Labute approximate surface area is 242 Å². The maximum absolute atomic E-state index is 12.3. The van der Waals surface area contributed by atoms with Crippen molar-refractivity contribution in [1.82, 2.24) is 9.47 Å². The van der Waals surface area contributed by atoms with Crippen molar-refractivity contribution in [2.45, 2.75) is 93.2 Å².